The Balaban J connectivity index is 3.32. The minimum Gasteiger partial charge on any atom is -0.341 e. The lowest BCUT2D eigenvalue weighted by atomic mass is 10.1. The lowest BCUT2D eigenvalue weighted by Crippen LogP contribution is -2.41. The van der Waals surface area contributed by atoms with E-state index in [4.69, 9.17) is 5.73 Å². The van der Waals surface area contributed by atoms with Gasteiger partial charge in [0.1, 0.15) is 0 Å². The second kappa shape index (κ2) is 9.97. The Labute approximate surface area is 93.8 Å². The van der Waals surface area contributed by atoms with Crippen molar-refractivity contribution in [2.24, 2.45) is 5.73 Å². The maximum atomic E-state index is 11.2. The van der Waals surface area contributed by atoms with Gasteiger partial charge in [-0.25, -0.2) is 0 Å². The molecule has 0 spiro atoms. The first-order valence-electron chi connectivity index (χ1n) is 6.25. The molecule has 1 unspecified atom stereocenters. The lowest BCUT2D eigenvalue weighted by Gasteiger charge is -2.13. The second-order valence-corrected chi connectivity index (χ2v) is 4.13. The average Bonchev–Trinajstić information content (AvgIpc) is 2.17. The third-order valence-corrected chi connectivity index (χ3v) is 2.44. The van der Waals surface area contributed by atoms with Crippen LogP contribution in [0.5, 0.6) is 0 Å². The standard InChI is InChI=1S/C12H26N2O/c1-3-5-6-7-8-10-11(13)14-12(15)9-4-2/h11H,3-10,13H2,1-2H3,(H,14,15). The van der Waals surface area contributed by atoms with Crippen LogP contribution in [-0.2, 0) is 4.79 Å². The second-order valence-electron chi connectivity index (χ2n) is 4.13. The summed E-state index contributed by atoms with van der Waals surface area (Å²) in [6.45, 7) is 4.20. The zero-order valence-corrected chi connectivity index (χ0v) is 10.2. The van der Waals surface area contributed by atoms with Crippen LogP contribution in [0.2, 0.25) is 0 Å². The van der Waals surface area contributed by atoms with Crippen LogP contribution in [-0.4, -0.2) is 12.1 Å². The van der Waals surface area contributed by atoms with E-state index >= 15 is 0 Å². The molecule has 3 nitrogen and oxygen atoms in total. The first kappa shape index (κ1) is 14.4. The van der Waals surface area contributed by atoms with E-state index in [0.29, 0.717) is 6.42 Å². The molecule has 0 fully saturated rings. The molecule has 0 aliphatic carbocycles. The molecule has 0 aromatic rings. The molecule has 3 heteroatoms. The highest BCUT2D eigenvalue weighted by Gasteiger charge is 2.05. The third-order valence-electron chi connectivity index (χ3n) is 2.44. The zero-order valence-electron chi connectivity index (χ0n) is 10.2. The summed E-state index contributed by atoms with van der Waals surface area (Å²) in [5.41, 5.74) is 5.79. The molecular weight excluding hydrogens is 188 g/mol. The average molecular weight is 214 g/mol. The molecule has 90 valence electrons. The van der Waals surface area contributed by atoms with Gasteiger partial charge in [0.25, 0.3) is 0 Å². The van der Waals surface area contributed by atoms with Gasteiger partial charge in [0.05, 0.1) is 6.17 Å². The summed E-state index contributed by atoms with van der Waals surface area (Å²) < 4.78 is 0. The largest absolute Gasteiger partial charge is 0.341 e. The van der Waals surface area contributed by atoms with Crippen LogP contribution in [0.15, 0.2) is 0 Å². The van der Waals surface area contributed by atoms with E-state index in [9.17, 15) is 4.79 Å². The summed E-state index contributed by atoms with van der Waals surface area (Å²) >= 11 is 0. The summed E-state index contributed by atoms with van der Waals surface area (Å²) in [4.78, 5) is 11.2. The van der Waals surface area contributed by atoms with Crippen molar-refractivity contribution < 1.29 is 4.79 Å². The van der Waals surface area contributed by atoms with E-state index in [2.05, 4.69) is 12.2 Å². The molecule has 0 aromatic carbocycles. The van der Waals surface area contributed by atoms with Gasteiger partial charge in [-0.15, -0.1) is 0 Å². The normalized spacial score (nSPS) is 12.5. The van der Waals surface area contributed by atoms with Crippen molar-refractivity contribution in [1.29, 1.82) is 0 Å². The number of hydrogen-bond acceptors (Lipinski definition) is 2. The van der Waals surface area contributed by atoms with Gasteiger partial charge in [0.2, 0.25) is 5.91 Å². The van der Waals surface area contributed by atoms with Crippen LogP contribution < -0.4 is 11.1 Å². The van der Waals surface area contributed by atoms with Gasteiger partial charge in [0.15, 0.2) is 0 Å². The van der Waals surface area contributed by atoms with Crippen LogP contribution in [0.1, 0.15) is 65.2 Å². The molecule has 0 saturated carbocycles. The number of nitrogens with one attached hydrogen (secondary N) is 1. The van der Waals surface area contributed by atoms with E-state index in [1.807, 2.05) is 6.92 Å². The van der Waals surface area contributed by atoms with Gasteiger partial charge in [-0.2, -0.15) is 0 Å². The summed E-state index contributed by atoms with van der Waals surface area (Å²) in [7, 11) is 0. The minimum absolute atomic E-state index is 0.0820. The van der Waals surface area contributed by atoms with Crippen LogP contribution >= 0.6 is 0 Å². The number of carbonyl (C=O) groups excluding carboxylic acids is 1. The molecule has 1 atom stereocenters. The van der Waals surface area contributed by atoms with Gasteiger partial charge >= 0.3 is 0 Å². The number of unbranched alkanes of at least 4 members (excludes halogenated alkanes) is 4. The van der Waals surface area contributed by atoms with E-state index in [0.717, 1.165) is 19.3 Å². The molecule has 0 aromatic heterocycles. The maximum Gasteiger partial charge on any atom is 0.221 e. The van der Waals surface area contributed by atoms with Crippen molar-refractivity contribution in [3.63, 3.8) is 0 Å². The van der Waals surface area contributed by atoms with Crippen molar-refractivity contribution in [3.05, 3.63) is 0 Å². The van der Waals surface area contributed by atoms with Crippen molar-refractivity contribution >= 4 is 5.91 Å². The smallest absolute Gasteiger partial charge is 0.221 e. The summed E-state index contributed by atoms with van der Waals surface area (Å²) in [5.74, 6) is 0.0820. The molecule has 1 amide bonds. The minimum atomic E-state index is -0.148. The first-order chi connectivity index (χ1) is 7.20. The zero-order chi connectivity index (χ0) is 11.5. The number of hydrogen-bond donors (Lipinski definition) is 2. The molecule has 15 heavy (non-hydrogen) atoms. The van der Waals surface area contributed by atoms with Gasteiger partial charge in [-0.3, -0.25) is 4.79 Å². The molecule has 0 saturated heterocycles. The summed E-state index contributed by atoms with van der Waals surface area (Å²) in [5, 5.41) is 2.81. The third kappa shape index (κ3) is 9.73. The fraction of sp³-hybridized carbons (Fsp3) is 0.917. The molecule has 3 N–H and O–H groups in total. The Morgan fingerprint density at radius 2 is 1.80 bits per heavy atom. The Kier molecular flexibility index (Phi) is 9.59. The number of carbonyl (C=O) groups is 1. The fourth-order valence-corrected chi connectivity index (χ4v) is 1.55. The van der Waals surface area contributed by atoms with Crippen molar-refractivity contribution in [2.45, 2.75) is 71.4 Å². The Hall–Kier alpha value is -0.570. The summed E-state index contributed by atoms with van der Waals surface area (Å²) in [6, 6.07) is 0. The molecule has 0 heterocycles. The van der Waals surface area contributed by atoms with E-state index in [1.54, 1.807) is 0 Å². The van der Waals surface area contributed by atoms with Crippen LogP contribution in [0.3, 0.4) is 0 Å². The highest BCUT2D eigenvalue weighted by atomic mass is 16.1. The number of nitrogens with two attached hydrogens (primary N) is 1. The van der Waals surface area contributed by atoms with Gasteiger partial charge in [0, 0.05) is 6.42 Å². The van der Waals surface area contributed by atoms with E-state index in [-0.39, 0.29) is 12.1 Å². The maximum absolute atomic E-state index is 11.2. The quantitative estimate of drug-likeness (QED) is 0.458. The van der Waals surface area contributed by atoms with Crippen molar-refractivity contribution in [1.82, 2.24) is 5.32 Å². The fourth-order valence-electron chi connectivity index (χ4n) is 1.55. The Morgan fingerprint density at radius 1 is 1.13 bits per heavy atom. The van der Waals surface area contributed by atoms with Crippen LogP contribution in [0.4, 0.5) is 0 Å². The van der Waals surface area contributed by atoms with Crippen molar-refractivity contribution in [2.75, 3.05) is 0 Å². The van der Waals surface area contributed by atoms with Gasteiger partial charge in [-0.05, 0) is 12.8 Å². The van der Waals surface area contributed by atoms with Crippen molar-refractivity contribution in [3.8, 4) is 0 Å². The van der Waals surface area contributed by atoms with Gasteiger partial charge in [-0.1, -0.05) is 46.0 Å². The molecule has 0 radical (unpaired) electrons. The monoisotopic (exact) mass is 214 g/mol. The van der Waals surface area contributed by atoms with E-state index in [1.165, 1.54) is 25.7 Å². The number of amides is 1. The molecule has 0 bridgehead atoms. The van der Waals surface area contributed by atoms with Gasteiger partial charge < -0.3 is 11.1 Å². The molecular formula is C12H26N2O. The Morgan fingerprint density at radius 3 is 2.40 bits per heavy atom. The van der Waals surface area contributed by atoms with Crippen LogP contribution in [0.25, 0.3) is 0 Å². The summed E-state index contributed by atoms with van der Waals surface area (Å²) in [6.07, 6.45) is 8.42. The molecule has 0 rings (SSSR count). The number of rotatable bonds is 9. The first-order valence-corrected chi connectivity index (χ1v) is 6.25. The predicted octanol–water partition coefficient (Wildman–Crippen LogP) is 2.55. The Bertz CT molecular complexity index is 160. The molecule has 0 aliphatic heterocycles. The lowest BCUT2D eigenvalue weighted by molar-refractivity contribution is -0.121. The molecule has 0 aliphatic rings. The highest BCUT2D eigenvalue weighted by Crippen LogP contribution is 2.05. The predicted molar refractivity (Wildman–Crippen MR) is 64.4 cm³/mol. The topological polar surface area (TPSA) is 55.1 Å². The highest BCUT2D eigenvalue weighted by molar-refractivity contribution is 5.76. The van der Waals surface area contributed by atoms with E-state index < -0.39 is 0 Å². The SMILES string of the molecule is CCCCCCCC(N)NC(=O)CCC. The van der Waals surface area contributed by atoms with Crippen LogP contribution in [0, 0.1) is 0 Å².